The van der Waals surface area contributed by atoms with Crippen LogP contribution < -0.4 is 16.8 Å². The van der Waals surface area contributed by atoms with E-state index in [0.717, 1.165) is 10.2 Å². The minimum atomic E-state index is -0.409. The van der Waals surface area contributed by atoms with Crippen LogP contribution in [0.1, 0.15) is 0 Å². The molecular formula is C9H10N4OS. The lowest BCUT2D eigenvalue weighted by molar-refractivity contribution is -0.116. The summed E-state index contributed by atoms with van der Waals surface area (Å²) in [6.45, 7) is 0.0926. The van der Waals surface area contributed by atoms with Crippen molar-refractivity contribution in [3.05, 3.63) is 18.2 Å². The minimum Gasteiger partial charge on any atom is -0.399 e. The molecule has 78 valence electrons. The number of rotatable bonds is 3. The maximum Gasteiger partial charge on any atom is 0.236 e. The predicted molar refractivity (Wildman–Crippen MR) is 61.7 cm³/mol. The van der Waals surface area contributed by atoms with Crippen molar-refractivity contribution >= 4 is 38.3 Å². The highest BCUT2D eigenvalue weighted by atomic mass is 32.1. The number of thiazole rings is 1. The first-order valence-corrected chi connectivity index (χ1v) is 5.15. The Hall–Kier alpha value is -1.82. The summed E-state index contributed by atoms with van der Waals surface area (Å²) in [6, 6.07) is 5.49. The standard InChI is InChI=1S/C9H10N4OS/c10-5-1-2-6-7(3-5)15-9(13-6)12-4-8(11)14/h1-3H,4,10H2,(H2,11,14)(H,12,13). The topological polar surface area (TPSA) is 94.0 Å². The van der Waals surface area contributed by atoms with Gasteiger partial charge in [-0.2, -0.15) is 0 Å². The van der Waals surface area contributed by atoms with Gasteiger partial charge < -0.3 is 16.8 Å². The second kappa shape index (κ2) is 3.74. The third kappa shape index (κ3) is 2.16. The van der Waals surface area contributed by atoms with Crippen molar-refractivity contribution in [1.29, 1.82) is 0 Å². The first kappa shape index (κ1) is 9.72. The Kier molecular flexibility index (Phi) is 2.42. The summed E-state index contributed by atoms with van der Waals surface area (Å²) in [5, 5.41) is 3.52. The molecule has 5 N–H and O–H groups in total. The van der Waals surface area contributed by atoms with Gasteiger partial charge in [0, 0.05) is 5.69 Å². The fraction of sp³-hybridized carbons (Fsp3) is 0.111. The molecule has 5 nitrogen and oxygen atoms in total. The average molecular weight is 222 g/mol. The minimum absolute atomic E-state index is 0.0926. The smallest absolute Gasteiger partial charge is 0.236 e. The molecule has 0 aliphatic rings. The molecular weight excluding hydrogens is 212 g/mol. The number of carbonyl (C=O) groups is 1. The first-order valence-electron chi connectivity index (χ1n) is 4.33. The summed E-state index contributed by atoms with van der Waals surface area (Å²) >= 11 is 1.44. The lowest BCUT2D eigenvalue weighted by Crippen LogP contribution is -2.21. The number of primary amides is 1. The Morgan fingerprint density at radius 2 is 2.33 bits per heavy atom. The molecule has 0 unspecified atom stereocenters. The highest BCUT2D eigenvalue weighted by Gasteiger charge is 2.04. The van der Waals surface area contributed by atoms with Crippen LogP contribution >= 0.6 is 11.3 Å². The van der Waals surface area contributed by atoms with E-state index in [4.69, 9.17) is 11.5 Å². The molecule has 1 aromatic heterocycles. The summed E-state index contributed by atoms with van der Waals surface area (Å²) in [7, 11) is 0. The Bertz CT molecular complexity index is 508. The molecule has 0 fully saturated rings. The third-order valence-corrected chi connectivity index (χ3v) is 2.80. The number of fused-ring (bicyclic) bond motifs is 1. The van der Waals surface area contributed by atoms with Crippen molar-refractivity contribution in [1.82, 2.24) is 4.98 Å². The zero-order valence-electron chi connectivity index (χ0n) is 7.86. The van der Waals surface area contributed by atoms with Gasteiger partial charge in [0.2, 0.25) is 5.91 Å². The number of anilines is 2. The maximum atomic E-state index is 10.6. The van der Waals surface area contributed by atoms with E-state index in [0.29, 0.717) is 10.8 Å². The zero-order chi connectivity index (χ0) is 10.8. The average Bonchev–Trinajstić information content (AvgIpc) is 2.56. The summed E-state index contributed by atoms with van der Waals surface area (Å²) in [6.07, 6.45) is 0. The quantitative estimate of drug-likeness (QED) is 0.669. The van der Waals surface area contributed by atoms with Gasteiger partial charge in [-0.15, -0.1) is 0 Å². The molecule has 0 spiro atoms. The second-order valence-electron chi connectivity index (χ2n) is 3.07. The molecule has 0 radical (unpaired) electrons. The lowest BCUT2D eigenvalue weighted by atomic mass is 10.3. The number of aromatic nitrogens is 1. The number of benzene rings is 1. The predicted octanol–water partition coefficient (Wildman–Crippen LogP) is 0.776. The van der Waals surface area contributed by atoms with E-state index in [2.05, 4.69) is 10.3 Å². The molecule has 0 saturated heterocycles. The molecule has 2 aromatic rings. The van der Waals surface area contributed by atoms with Crippen molar-refractivity contribution in [2.45, 2.75) is 0 Å². The van der Waals surface area contributed by atoms with Gasteiger partial charge in [0.15, 0.2) is 5.13 Å². The van der Waals surface area contributed by atoms with E-state index in [1.807, 2.05) is 12.1 Å². The molecule has 1 amide bonds. The van der Waals surface area contributed by atoms with Gasteiger partial charge >= 0.3 is 0 Å². The molecule has 0 bridgehead atoms. The molecule has 0 aliphatic heterocycles. The van der Waals surface area contributed by atoms with Crippen molar-refractivity contribution < 1.29 is 4.79 Å². The molecule has 0 atom stereocenters. The van der Waals surface area contributed by atoms with Gasteiger partial charge in [0.1, 0.15) is 0 Å². The largest absolute Gasteiger partial charge is 0.399 e. The van der Waals surface area contributed by atoms with Gasteiger partial charge in [-0.05, 0) is 18.2 Å². The van der Waals surface area contributed by atoms with E-state index < -0.39 is 5.91 Å². The van der Waals surface area contributed by atoms with Gasteiger partial charge in [0.05, 0.1) is 16.8 Å². The van der Waals surface area contributed by atoms with Crippen LogP contribution in [0.5, 0.6) is 0 Å². The monoisotopic (exact) mass is 222 g/mol. The molecule has 15 heavy (non-hydrogen) atoms. The van der Waals surface area contributed by atoms with Gasteiger partial charge in [-0.1, -0.05) is 11.3 Å². The highest BCUT2D eigenvalue weighted by molar-refractivity contribution is 7.22. The van der Waals surface area contributed by atoms with Crippen LogP contribution in [0.2, 0.25) is 0 Å². The SMILES string of the molecule is NC(=O)CNc1nc2ccc(N)cc2s1. The van der Waals surface area contributed by atoms with Crippen molar-refractivity contribution in [2.75, 3.05) is 17.6 Å². The fourth-order valence-corrected chi connectivity index (χ4v) is 2.09. The van der Waals surface area contributed by atoms with Crippen molar-refractivity contribution in [3.8, 4) is 0 Å². The number of hydrogen-bond acceptors (Lipinski definition) is 5. The molecule has 0 saturated carbocycles. The highest BCUT2D eigenvalue weighted by Crippen LogP contribution is 2.27. The van der Waals surface area contributed by atoms with Gasteiger partial charge in [0.25, 0.3) is 0 Å². The maximum absolute atomic E-state index is 10.6. The number of amides is 1. The van der Waals surface area contributed by atoms with E-state index >= 15 is 0 Å². The lowest BCUT2D eigenvalue weighted by Gasteiger charge is -1.95. The van der Waals surface area contributed by atoms with Crippen LogP contribution in [0.3, 0.4) is 0 Å². The molecule has 0 aliphatic carbocycles. The van der Waals surface area contributed by atoms with E-state index in [-0.39, 0.29) is 6.54 Å². The molecule has 2 rings (SSSR count). The van der Waals surface area contributed by atoms with E-state index in [9.17, 15) is 4.79 Å². The normalized spacial score (nSPS) is 10.4. The van der Waals surface area contributed by atoms with Gasteiger partial charge in [-0.25, -0.2) is 4.98 Å². The second-order valence-corrected chi connectivity index (χ2v) is 4.10. The number of nitrogen functional groups attached to an aromatic ring is 1. The summed E-state index contributed by atoms with van der Waals surface area (Å²) in [5.74, 6) is -0.409. The summed E-state index contributed by atoms with van der Waals surface area (Å²) < 4.78 is 0.988. The first-order chi connectivity index (χ1) is 7.15. The Labute approximate surface area is 90.1 Å². The fourth-order valence-electron chi connectivity index (χ4n) is 1.18. The Morgan fingerprint density at radius 1 is 1.53 bits per heavy atom. The number of nitrogens with one attached hydrogen (secondary N) is 1. The third-order valence-electron chi connectivity index (χ3n) is 1.83. The summed E-state index contributed by atoms with van der Waals surface area (Å²) in [4.78, 5) is 14.8. The number of hydrogen-bond donors (Lipinski definition) is 3. The van der Waals surface area contributed by atoms with Gasteiger partial charge in [-0.3, -0.25) is 4.79 Å². The Morgan fingerprint density at radius 3 is 3.07 bits per heavy atom. The van der Waals surface area contributed by atoms with Crippen LogP contribution in [0, 0.1) is 0 Å². The van der Waals surface area contributed by atoms with Crippen molar-refractivity contribution in [3.63, 3.8) is 0 Å². The molecule has 6 heteroatoms. The van der Waals surface area contributed by atoms with E-state index in [1.54, 1.807) is 6.07 Å². The van der Waals surface area contributed by atoms with Crippen LogP contribution in [0.25, 0.3) is 10.2 Å². The molecule has 1 heterocycles. The summed E-state index contributed by atoms with van der Waals surface area (Å²) in [5.41, 5.74) is 12.2. The molecule has 1 aromatic carbocycles. The number of carbonyl (C=O) groups excluding carboxylic acids is 1. The van der Waals surface area contributed by atoms with Crippen LogP contribution in [-0.4, -0.2) is 17.4 Å². The van der Waals surface area contributed by atoms with Crippen LogP contribution in [0.4, 0.5) is 10.8 Å². The van der Waals surface area contributed by atoms with Crippen molar-refractivity contribution in [2.24, 2.45) is 5.73 Å². The van der Waals surface area contributed by atoms with Crippen LogP contribution in [0.15, 0.2) is 18.2 Å². The Balaban J connectivity index is 2.27. The van der Waals surface area contributed by atoms with Crippen LogP contribution in [-0.2, 0) is 4.79 Å². The number of nitrogens with zero attached hydrogens (tertiary/aromatic N) is 1. The zero-order valence-corrected chi connectivity index (χ0v) is 8.67. The van der Waals surface area contributed by atoms with E-state index in [1.165, 1.54) is 11.3 Å². The number of nitrogens with two attached hydrogens (primary N) is 2.